The topological polar surface area (TPSA) is 95.7 Å². The molecule has 8 nitrogen and oxygen atoms in total. The predicted octanol–water partition coefficient (Wildman–Crippen LogP) is 1.75. The van der Waals surface area contributed by atoms with Crippen LogP contribution in [0.15, 0.2) is 30.3 Å². The van der Waals surface area contributed by atoms with E-state index in [2.05, 4.69) is 19.8 Å². The number of benzene rings is 1. The first-order valence-corrected chi connectivity index (χ1v) is 7.09. The SMILES string of the molecule is COC(=O)c1ccc(OC(=O)c2nc3nc(C)cc(C)n3n2)cc1. The molecule has 0 spiro atoms. The predicted molar refractivity (Wildman–Crippen MR) is 83.0 cm³/mol. The van der Waals surface area contributed by atoms with Gasteiger partial charge < -0.3 is 9.47 Å². The number of hydrogen-bond donors (Lipinski definition) is 0. The number of aromatic nitrogens is 4. The first kappa shape index (κ1) is 15.6. The van der Waals surface area contributed by atoms with E-state index >= 15 is 0 Å². The summed E-state index contributed by atoms with van der Waals surface area (Å²) >= 11 is 0. The number of esters is 2. The maximum atomic E-state index is 12.2. The van der Waals surface area contributed by atoms with Gasteiger partial charge in [-0.15, -0.1) is 5.10 Å². The molecule has 3 aromatic rings. The standard InChI is InChI=1S/C16H14N4O4/c1-9-8-10(2)20-16(17-9)18-13(19-20)15(22)24-12-6-4-11(5-7-12)14(21)23-3/h4-8H,1-3H3. The van der Waals surface area contributed by atoms with Crippen molar-refractivity contribution in [3.05, 3.63) is 53.1 Å². The van der Waals surface area contributed by atoms with Gasteiger partial charge in [0, 0.05) is 11.4 Å². The van der Waals surface area contributed by atoms with E-state index in [0.29, 0.717) is 11.3 Å². The molecule has 0 atom stereocenters. The van der Waals surface area contributed by atoms with Crippen LogP contribution in [0.5, 0.6) is 5.75 Å². The molecule has 0 N–H and O–H groups in total. The minimum atomic E-state index is -0.705. The Balaban J connectivity index is 1.82. The Morgan fingerprint density at radius 1 is 1.04 bits per heavy atom. The van der Waals surface area contributed by atoms with E-state index in [1.807, 2.05) is 19.9 Å². The number of aryl methyl sites for hydroxylation is 2. The summed E-state index contributed by atoms with van der Waals surface area (Å²) in [5.74, 6) is -0.656. The van der Waals surface area contributed by atoms with Crippen LogP contribution in [0.3, 0.4) is 0 Å². The molecule has 0 unspecified atom stereocenters. The minimum Gasteiger partial charge on any atom is -0.465 e. The lowest BCUT2D eigenvalue weighted by Gasteiger charge is -2.03. The first-order valence-electron chi connectivity index (χ1n) is 7.09. The van der Waals surface area contributed by atoms with Crippen molar-refractivity contribution in [1.29, 1.82) is 0 Å². The van der Waals surface area contributed by atoms with E-state index in [9.17, 15) is 9.59 Å². The van der Waals surface area contributed by atoms with E-state index in [4.69, 9.17) is 4.74 Å². The Hall–Kier alpha value is -3.29. The average molecular weight is 326 g/mol. The third-order valence-electron chi connectivity index (χ3n) is 3.29. The lowest BCUT2D eigenvalue weighted by atomic mass is 10.2. The van der Waals surface area contributed by atoms with Gasteiger partial charge in [0.25, 0.3) is 11.6 Å². The van der Waals surface area contributed by atoms with Gasteiger partial charge in [0.2, 0.25) is 0 Å². The van der Waals surface area contributed by atoms with Gasteiger partial charge in [-0.25, -0.2) is 19.1 Å². The Bertz CT molecular complexity index is 931. The summed E-state index contributed by atoms with van der Waals surface area (Å²) < 4.78 is 11.3. The van der Waals surface area contributed by atoms with Crippen LogP contribution in [0, 0.1) is 13.8 Å². The number of carbonyl (C=O) groups is 2. The molecule has 2 aromatic heterocycles. The van der Waals surface area contributed by atoms with Crippen molar-refractivity contribution in [2.75, 3.05) is 7.11 Å². The van der Waals surface area contributed by atoms with Crippen molar-refractivity contribution in [3.8, 4) is 5.75 Å². The van der Waals surface area contributed by atoms with Crippen LogP contribution < -0.4 is 4.74 Å². The molecule has 24 heavy (non-hydrogen) atoms. The summed E-state index contributed by atoms with van der Waals surface area (Å²) in [6, 6.07) is 7.82. The zero-order valence-electron chi connectivity index (χ0n) is 13.3. The fourth-order valence-electron chi connectivity index (χ4n) is 2.18. The molecule has 0 fully saturated rings. The quantitative estimate of drug-likeness (QED) is 0.534. The first-order chi connectivity index (χ1) is 11.5. The summed E-state index contributed by atoms with van der Waals surface area (Å²) in [7, 11) is 1.29. The van der Waals surface area contributed by atoms with Crippen LogP contribution in [-0.4, -0.2) is 38.6 Å². The Morgan fingerprint density at radius 2 is 1.75 bits per heavy atom. The minimum absolute atomic E-state index is 0.0896. The summed E-state index contributed by atoms with van der Waals surface area (Å²) in [5, 5.41) is 4.10. The second-order valence-corrected chi connectivity index (χ2v) is 5.09. The van der Waals surface area contributed by atoms with Crippen molar-refractivity contribution >= 4 is 17.7 Å². The summed E-state index contributed by atoms with van der Waals surface area (Å²) in [4.78, 5) is 31.8. The van der Waals surface area contributed by atoms with Gasteiger partial charge in [0.05, 0.1) is 12.7 Å². The second kappa shape index (κ2) is 6.07. The van der Waals surface area contributed by atoms with E-state index in [1.54, 1.807) is 0 Å². The fourth-order valence-corrected chi connectivity index (χ4v) is 2.18. The average Bonchev–Trinajstić information content (AvgIpc) is 2.99. The van der Waals surface area contributed by atoms with Gasteiger partial charge >= 0.3 is 11.9 Å². The largest absolute Gasteiger partial charge is 0.465 e. The Labute approximate surface area is 137 Å². The second-order valence-electron chi connectivity index (χ2n) is 5.09. The molecular weight excluding hydrogens is 312 g/mol. The van der Waals surface area contributed by atoms with E-state index in [1.165, 1.54) is 35.9 Å². The molecule has 1 aromatic carbocycles. The maximum Gasteiger partial charge on any atom is 0.383 e. The fraction of sp³-hybridized carbons (Fsp3) is 0.188. The summed E-state index contributed by atoms with van der Waals surface area (Å²) in [6.45, 7) is 3.68. The molecule has 8 heteroatoms. The molecule has 0 saturated carbocycles. The zero-order chi connectivity index (χ0) is 17.3. The number of fused-ring (bicyclic) bond motifs is 1. The van der Waals surface area contributed by atoms with Crippen LogP contribution in [0.4, 0.5) is 0 Å². The molecule has 0 aliphatic carbocycles. The third kappa shape index (κ3) is 2.94. The lowest BCUT2D eigenvalue weighted by Crippen LogP contribution is -2.11. The van der Waals surface area contributed by atoms with Gasteiger partial charge in [0.15, 0.2) is 0 Å². The van der Waals surface area contributed by atoms with Crippen LogP contribution in [0.2, 0.25) is 0 Å². The molecule has 0 aliphatic rings. The van der Waals surface area contributed by atoms with Crippen molar-refractivity contribution in [2.45, 2.75) is 13.8 Å². The zero-order valence-corrected chi connectivity index (χ0v) is 13.3. The third-order valence-corrected chi connectivity index (χ3v) is 3.29. The number of rotatable bonds is 3. The Kier molecular flexibility index (Phi) is 3.95. The number of methoxy groups -OCH3 is 1. The summed E-state index contributed by atoms with van der Waals surface area (Å²) in [6.07, 6.45) is 0. The van der Waals surface area contributed by atoms with Crippen LogP contribution in [-0.2, 0) is 4.74 Å². The van der Waals surface area contributed by atoms with Gasteiger partial charge in [-0.3, -0.25) is 0 Å². The van der Waals surface area contributed by atoms with Crippen molar-refractivity contribution in [3.63, 3.8) is 0 Å². The summed E-state index contributed by atoms with van der Waals surface area (Å²) in [5.41, 5.74) is 1.95. The highest BCUT2D eigenvalue weighted by Gasteiger charge is 2.17. The number of hydrogen-bond acceptors (Lipinski definition) is 7. The molecule has 0 bridgehead atoms. The maximum absolute atomic E-state index is 12.2. The Morgan fingerprint density at radius 3 is 2.42 bits per heavy atom. The molecule has 0 amide bonds. The smallest absolute Gasteiger partial charge is 0.383 e. The highest BCUT2D eigenvalue weighted by atomic mass is 16.5. The van der Waals surface area contributed by atoms with Crippen LogP contribution in [0.1, 0.15) is 32.4 Å². The molecule has 122 valence electrons. The van der Waals surface area contributed by atoms with Gasteiger partial charge in [-0.05, 0) is 44.2 Å². The van der Waals surface area contributed by atoms with Crippen molar-refractivity contribution < 1.29 is 19.1 Å². The van der Waals surface area contributed by atoms with Crippen LogP contribution in [0.25, 0.3) is 5.78 Å². The van der Waals surface area contributed by atoms with Gasteiger partial charge in [-0.2, -0.15) is 4.98 Å². The van der Waals surface area contributed by atoms with Gasteiger partial charge in [-0.1, -0.05) is 0 Å². The number of ether oxygens (including phenoxy) is 2. The highest BCUT2D eigenvalue weighted by molar-refractivity contribution is 5.90. The molecule has 3 rings (SSSR count). The molecule has 0 saturated heterocycles. The molecule has 0 radical (unpaired) electrons. The highest BCUT2D eigenvalue weighted by Crippen LogP contribution is 2.14. The van der Waals surface area contributed by atoms with E-state index in [-0.39, 0.29) is 11.6 Å². The monoisotopic (exact) mass is 326 g/mol. The number of nitrogens with zero attached hydrogens (tertiary/aromatic N) is 4. The van der Waals surface area contributed by atoms with E-state index < -0.39 is 11.9 Å². The van der Waals surface area contributed by atoms with Crippen molar-refractivity contribution in [2.24, 2.45) is 0 Å². The van der Waals surface area contributed by atoms with Crippen LogP contribution >= 0.6 is 0 Å². The number of carbonyl (C=O) groups excluding carboxylic acids is 2. The molecule has 0 aliphatic heterocycles. The van der Waals surface area contributed by atoms with Gasteiger partial charge in [0.1, 0.15) is 5.75 Å². The normalized spacial score (nSPS) is 10.6. The van der Waals surface area contributed by atoms with Crippen molar-refractivity contribution in [1.82, 2.24) is 19.6 Å². The molecule has 2 heterocycles. The van der Waals surface area contributed by atoms with E-state index in [0.717, 1.165) is 11.4 Å². The molecular formula is C16H14N4O4. The lowest BCUT2D eigenvalue weighted by molar-refractivity contribution is 0.0600.